The lowest BCUT2D eigenvalue weighted by Gasteiger charge is -2.09. The van der Waals surface area contributed by atoms with Crippen LogP contribution in [0.4, 0.5) is 0 Å². The average molecular weight is 336 g/mol. The molecule has 140 valence electrons. The molecule has 0 radical (unpaired) electrons. The highest BCUT2D eigenvalue weighted by molar-refractivity contribution is 4.91. The Hall–Kier alpha value is -0.760. The molecule has 1 rings (SSSR count). The van der Waals surface area contributed by atoms with Crippen molar-refractivity contribution >= 4 is 0 Å². The second-order valence-electron chi connectivity index (χ2n) is 7.78. The Morgan fingerprint density at radius 2 is 1.67 bits per heavy atom. The maximum atomic E-state index is 5.77. The third-order valence-electron chi connectivity index (χ3n) is 5.20. The first-order valence-corrected chi connectivity index (χ1v) is 10.3. The third kappa shape index (κ3) is 10.2. The van der Waals surface area contributed by atoms with Gasteiger partial charge in [-0.2, -0.15) is 0 Å². The molecule has 1 saturated heterocycles. The Morgan fingerprint density at radius 1 is 1.00 bits per heavy atom. The van der Waals surface area contributed by atoms with Crippen LogP contribution in [0.3, 0.4) is 0 Å². The summed E-state index contributed by atoms with van der Waals surface area (Å²) in [5, 5.41) is 3.48. The maximum absolute atomic E-state index is 5.77. The molecule has 0 aromatic heterocycles. The van der Waals surface area contributed by atoms with Crippen molar-refractivity contribution in [2.24, 2.45) is 5.92 Å². The summed E-state index contributed by atoms with van der Waals surface area (Å²) in [6.07, 6.45) is 15.0. The highest BCUT2D eigenvalue weighted by Gasteiger charge is 2.40. The van der Waals surface area contributed by atoms with Crippen LogP contribution in [0.5, 0.6) is 0 Å². The van der Waals surface area contributed by atoms with Gasteiger partial charge in [0.15, 0.2) is 0 Å². The van der Waals surface area contributed by atoms with Crippen LogP contribution in [0.1, 0.15) is 91.4 Å². The monoisotopic (exact) mass is 335 g/mol. The fraction of sp³-hybridized carbons (Fsp3) is 0.818. The van der Waals surface area contributed by atoms with Crippen LogP contribution < -0.4 is 5.32 Å². The lowest BCUT2D eigenvalue weighted by molar-refractivity contribution is 0.316. The van der Waals surface area contributed by atoms with Crippen LogP contribution in [0.2, 0.25) is 0 Å². The number of nitrogens with one attached hydrogen (secondary N) is 1. The molecular formula is C22H41NO. The van der Waals surface area contributed by atoms with E-state index in [-0.39, 0.29) is 0 Å². The van der Waals surface area contributed by atoms with E-state index in [2.05, 4.69) is 39.2 Å². The highest BCUT2D eigenvalue weighted by atomic mass is 16.6. The summed E-state index contributed by atoms with van der Waals surface area (Å²) < 4.78 is 5.77. The molecule has 3 unspecified atom stereocenters. The summed E-state index contributed by atoms with van der Waals surface area (Å²) in [4.78, 5) is 0. The minimum Gasteiger partial charge on any atom is -0.389 e. The molecule has 0 bridgehead atoms. The molecule has 1 aliphatic rings. The molecule has 0 spiro atoms. The van der Waals surface area contributed by atoms with Gasteiger partial charge >= 0.3 is 0 Å². The molecule has 1 aliphatic heterocycles. The fourth-order valence-electron chi connectivity index (χ4n) is 3.24. The summed E-state index contributed by atoms with van der Waals surface area (Å²) in [5.74, 6) is 0.741. The molecule has 24 heavy (non-hydrogen) atoms. The Kier molecular flexibility index (Phi) is 11.2. The standard InChI is InChI=1S/C22H41NO/c1-6-19(4)22-21(24-22)16-12-8-7-11-15-20(5)23-17-13-9-10-14-18(2)3/h19,21-23H,2,5-17H2,1,3-4H3. The van der Waals surface area contributed by atoms with Crippen LogP contribution in [0.25, 0.3) is 0 Å². The summed E-state index contributed by atoms with van der Waals surface area (Å²) in [5.41, 5.74) is 2.52. The van der Waals surface area contributed by atoms with E-state index in [9.17, 15) is 0 Å². The number of ether oxygens (including phenoxy) is 1. The van der Waals surface area contributed by atoms with Crippen molar-refractivity contribution in [2.45, 2.75) is 104 Å². The van der Waals surface area contributed by atoms with Gasteiger partial charge in [-0.25, -0.2) is 0 Å². The molecule has 2 heteroatoms. The van der Waals surface area contributed by atoms with Gasteiger partial charge in [-0.15, -0.1) is 6.58 Å². The predicted octanol–water partition coefficient (Wildman–Crippen LogP) is 6.38. The second-order valence-corrected chi connectivity index (χ2v) is 7.78. The molecule has 0 aromatic rings. The minimum atomic E-state index is 0.564. The van der Waals surface area contributed by atoms with Crippen LogP contribution in [-0.2, 0) is 4.74 Å². The first-order valence-electron chi connectivity index (χ1n) is 10.3. The normalized spacial score (nSPS) is 20.6. The Balaban J connectivity index is 1.82. The lowest BCUT2D eigenvalue weighted by Crippen LogP contribution is -2.13. The Bertz CT molecular complexity index is 363. The van der Waals surface area contributed by atoms with Crippen LogP contribution in [0.15, 0.2) is 24.4 Å². The van der Waals surface area contributed by atoms with Gasteiger partial charge < -0.3 is 10.1 Å². The third-order valence-corrected chi connectivity index (χ3v) is 5.20. The maximum Gasteiger partial charge on any atom is 0.0867 e. The topological polar surface area (TPSA) is 24.6 Å². The van der Waals surface area contributed by atoms with Gasteiger partial charge in [0.1, 0.15) is 0 Å². The van der Waals surface area contributed by atoms with Crippen molar-refractivity contribution in [1.29, 1.82) is 0 Å². The quantitative estimate of drug-likeness (QED) is 0.201. The average Bonchev–Trinajstić information content (AvgIpc) is 3.32. The Labute approximate surface area is 151 Å². The SMILES string of the molecule is C=C(C)CCCCCNC(=C)CCCCCCC1OC1C(C)CC. The van der Waals surface area contributed by atoms with Crippen LogP contribution in [-0.4, -0.2) is 18.8 Å². The van der Waals surface area contributed by atoms with Crippen molar-refractivity contribution in [3.8, 4) is 0 Å². The van der Waals surface area contributed by atoms with E-state index in [1.165, 1.54) is 75.5 Å². The van der Waals surface area contributed by atoms with Crippen LogP contribution >= 0.6 is 0 Å². The first kappa shape index (κ1) is 21.3. The number of allylic oxidation sites excluding steroid dienone is 2. The van der Waals surface area contributed by atoms with E-state index in [1.54, 1.807) is 0 Å². The van der Waals surface area contributed by atoms with Gasteiger partial charge in [0.05, 0.1) is 12.2 Å². The molecular weight excluding hydrogens is 294 g/mol. The zero-order valence-corrected chi connectivity index (χ0v) is 16.5. The molecule has 0 aliphatic carbocycles. The summed E-state index contributed by atoms with van der Waals surface area (Å²) in [7, 11) is 0. The minimum absolute atomic E-state index is 0.564. The zero-order valence-electron chi connectivity index (χ0n) is 16.5. The van der Waals surface area contributed by atoms with Gasteiger partial charge in [0, 0.05) is 12.2 Å². The fourth-order valence-corrected chi connectivity index (χ4v) is 3.24. The van der Waals surface area contributed by atoms with Gasteiger partial charge in [-0.1, -0.05) is 58.1 Å². The smallest absolute Gasteiger partial charge is 0.0867 e. The summed E-state index contributed by atoms with van der Waals surface area (Å²) in [6.45, 7) is 15.9. The number of unbranched alkanes of at least 4 members (excludes halogenated alkanes) is 5. The molecule has 2 nitrogen and oxygen atoms in total. The molecule has 1 heterocycles. The highest BCUT2D eigenvalue weighted by Crippen LogP contribution is 2.34. The molecule has 1 N–H and O–H groups in total. The summed E-state index contributed by atoms with van der Waals surface area (Å²) in [6, 6.07) is 0. The number of epoxide rings is 1. The van der Waals surface area contributed by atoms with Gasteiger partial charge in [-0.05, 0) is 51.4 Å². The number of rotatable bonds is 16. The number of hydrogen-bond donors (Lipinski definition) is 1. The van der Waals surface area contributed by atoms with Gasteiger partial charge in [0.2, 0.25) is 0 Å². The van der Waals surface area contributed by atoms with Crippen molar-refractivity contribution in [1.82, 2.24) is 5.32 Å². The van der Waals surface area contributed by atoms with E-state index in [0.717, 1.165) is 18.9 Å². The van der Waals surface area contributed by atoms with E-state index in [4.69, 9.17) is 4.74 Å². The van der Waals surface area contributed by atoms with Gasteiger partial charge in [0.25, 0.3) is 0 Å². The number of hydrogen-bond acceptors (Lipinski definition) is 2. The molecule has 0 amide bonds. The first-order chi connectivity index (χ1) is 11.5. The molecule has 0 aromatic carbocycles. The van der Waals surface area contributed by atoms with Crippen LogP contribution in [0, 0.1) is 5.92 Å². The van der Waals surface area contributed by atoms with E-state index in [0.29, 0.717) is 12.2 Å². The van der Waals surface area contributed by atoms with Crippen molar-refractivity contribution in [3.63, 3.8) is 0 Å². The van der Waals surface area contributed by atoms with Crippen molar-refractivity contribution in [2.75, 3.05) is 6.54 Å². The van der Waals surface area contributed by atoms with Gasteiger partial charge in [-0.3, -0.25) is 0 Å². The lowest BCUT2D eigenvalue weighted by atomic mass is 9.99. The molecule has 3 atom stereocenters. The Morgan fingerprint density at radius 3 is 2.38 bits per heavy atom. The largest absolute Gasteiger partial charge is 0.389 e. The summed E-state index contributed by atoms with van der Waals surface area (Å²) >= 11 is 0. The second kappa shape index (κ2) is 12.6. The van der Waals surface area contributed by atoms with E-state index < -0.39 is 0 Å². The predicted molar refractivity (Wildman–Crippen MR) is 106 cm³/mol. The zero-order chi connectivity index (χ0) is 17.8. The molecule has 1 fully saturated rings. The van der Waals surface area contributed by atoms with E-state index >= 15 is 0 Å². The van der Waals surface area contributed by atoms with Crippen molar-refractivity contribution < 1.29 is 4.74 Å². The van der Waals surface area contributed by atoms with Crippen molar-refractivity contribution in [3.05, 3.63) is 24.4 Å². The molecule has 0 saturated carbocycles. The van der Waals surface area contributed by atoms with E-state index in [1.807, 2.05) is 0 Å².